The number of ketones is 1. The van der Waals surface area contributed by atoms with E-state index in [0.29, 0.717) is 32.2 Å². The van der Waals surface area contributed by atoms with Crippen LogP contribution >= 0.6 is 0 Å². The van der Waals surface area contributed by atoms with Gasteiger partial charge in [-0.2, -0.15) is 0 Å². The quantitative estimate of drug-likeness (QED) is 0.470. The van der Waals surface area contributed by atoms with Crippen molar-refractivity contribution in [1.29, 1.82) is 0 Å². The van der Waals surface area contributed by atoms with E-state index in [1.165, 1.54) is 4.90 Å². The van der Waals surface area contributed by atoms with Gasteiger partial charge in [0.1, 0.15) is 17.7 Å². The Morgan fingerprint density at radius 1 is 0.974 bits per heavy atom. The minimum Gasteiger partial charge on any atom is -0.444 e. The lowest BCUT2D eigenvalue weighted by Crippen LogP contribution is -2.56. The number of ether oxygens (including phenoxy) is 1. The molecule has 4 N–H and O–H groups in total. The zero-order chi connectivity index (χ0) is 28.5. The fraction of sp³-hybridized carbons (Fsp3) is 0.821. The monoisotopic (exact) mass is 536 g/mol. The zero-order valence-corrected chi connectivity index (χ0v) is 23.8. The molecule has 0 aromatic carbocycles. The maximum atomic E-state index is 13.8. The molecule has 10 heteroatoms. The number of nitrogens with two attached hydrogens (primary N) is 1. The first kappa shape index (κ1) is 31.6. The summed E-state index contributed by atoms with van der Waals surface area (Å²) in [6.45, 7) is 9.73. The molecule has 0 unspecified atom stereocenters. The van der Waals surface area contributed by atoms with Crippen molar-refractivity contribution in [3.8, 4) is 0 Å². The summed E-state index contributed by atoms with van der Waals surface area (Å²) in [4.78, 5) is 65.7. The van der Waals surface area contributed by atoms with Gasteiger partial charge in [0.05, 0.1) is 6.04 Å². The number of rotatable bonds is 4. The SMILES string of the molecule is CC(C)[C@@H]1C[C@H]2C(=O)N[C@H](C(=O)C(N)=O)CCCCCCCCCC[C@H](NC(=O)OC(C)(C)C)C(=O)N2C1. The second kappa shape index (κ2) is 14.5. The van der Waals surface area contributed by atoms with E-state index in [9.17, 15) is 24.0 Å². The highest BCUT2D eigenvalue weighted by Crippen LogP contribution is 2.30. The second-order valence-corrected chi connectivity index (χ2v) is 12.1. The summed E-state index contributed by atoms with van der Waals surface area (Å²) < 4.78 is 5.42. The Morgan fingerprint density at radius 2 is 1.53 bits per heavy atom. The number of nitrogens with one attached hydrogen (secondary N) is 2. The van der Waals surface area contributed by atoms with E-state index < -0.39 is 47.4 Å². The minimum atomic E-state index is -1.08. The molecule has 0 aliphatic carbocycles. The van der Waals surface area contributed by atoms with Crippen LogP contribution < -0.4 is 16.4 Å². The maximum absolute atomic E-state index is 13.8. The molecular formula is C28H48N4O6. The zero-order valence-electron chi connectivity index (χ0n) is 23.8. The Balaban J connectivity index is 2.34. The number of Topliss-reactive ketones (excluding diaryl/α,β-unsaturated/α-hetero) is 1. The normalized spacial score (nSPS) is 26.7. The average Bonchev–Trinajstić information content (AvgIpc) is 3.27. The molecule has 2 fully saturated rings. The van der Waals surface area contributed by atoms with Crippen LogP contribution in [0.5, 0.6) is 0 Å². The molecule has 0 bridgehead atoms. The molecule has 2 aliphatic rings. The molecule has 2 aliphatic heterocycles. The number of nitrogens with zero attached hydrogens (tertiary/aromatic N) is 1. The molecule has 4 atom stereocenters. The van der Waals surface area contributed by atoms with Crippen molar-refractivity contribution in [2.24, 2.45) is 17.6 Å². The van der Waals surface area contributed by atoms with Crippen LogP contribution in [0.2, 0.25) is 0 Å². The van der Waals surface area contributed by atoms with Crippen LogP contribution in [0, 0.1) is 11.8 Å². The first-order valence-corrected chi connectivity index (χ1v) is 14.2. The highest BCUT2D eigenvalue weighted by molar-refractivity contribution is 6.37. The Hall–Kier alpha value is -2.65. The van der Waals surface area contributed by atoms with Crippen LogP contribution in [0.25, 0.3) is 0 Å². The van der Waals surface area contributed by atoms with Gasteiger partial charge in [-0.25, -0.2) is 4.79 Å². The Labute approximate surface area is 227 Å². The third kappa shape index (κ3) is 9.91. The summed E-state index contributed by atoms with van der Waals surface area (Å²) in [6, 6.07) is -2.65. The maximum Gasteiger partial charge on any atom is 0.408 e. The van der Waals surface area contributed by atoms with Crippen LogP contribution in [0.3, 0.4) is 0 Å². The van der Waals surface area contributed by atoms with Gasteiger partial charge in [0, 0.05) is 6.54 Å². The molecule has 0 aromatic heterocycles. The lowest BCUT2D eigenvalue weighted by Gasteiger charge is -2.30. The third-order valence-electron chi connectivity index (χ3n) is 7.46. The van der Waals surface area contributed by atoms with Crippen LogP contribution in [0.1, 0.15) is 105 Å². The summed E-state index contributed by atoms with van der Waals surface area (Å²) in [7, 11) is 0. The number of hydrogen-bond acceptors (Lipinski definition) is 6. The largest absolute Gasteiger partial charge is 0.444 e. The van der Waals surface area contributed by atoms with Gasteiger partial charge >= 0.3 is 6.09 Å². The van der Waals surface area contributed by atoms with Gasteiger partial charge in [-0.3, -0.25) is 19.2 Å². The average molecular weight is 537 g/mol. The van der Waals surface area contributed by atoms with Crippen LogP contribution in [0.15, 0.2) is 0 Å². The van der Waals surface area contributed by atoms with Crippen molar-refractivity contribution in [3.63, 3.8) is 0 Å². The smallest absolute Gasteiger partial charge is 0.408 e. The van der Waals surface area contributed by atoms with Crippen molar-refractivity contribution in [2.45, 2.75) is 129 Å². The van der Waals surface area contributed by atoms with E-state index in [-0.39, 0.29) is 17.7 Å². The summed E-state index contributed by atoms with van der Waals surface area (Å²) in [5.41, 5.74) is 4.55. The van der Waals surface area contributed by atoms with Gasteiger partial charge in [0.15, 0.2) is 0 Å². The molecule has 0 spiro atoms. The molecule has 0 saturated carbocycles. The number of fused-ring (bicyclic) bond motifs is 1. The minimum absolute atomic E-state index is 0.0766. The fourth-order valence-electron chi connectivity index (χ4n) is 5.22. The molecule has 38 heavy (non-hydrogen) atoms. The molecule has 2 rings (SSSR count). The van der Waals surface area contributed by atoms with Crippen molar-refractivity contribution in [2.75, 3.05) is 6.54 Å². The number of carbonyl (C=O) groups is 5. The highest BCUT2D eigenvalue weighted by Gasteiger charge is 2.43. The van der Waals surface area contributed by atoms with Crippen LogP contribution in [-0.4, -0.2) is 64.8 Å². The lowest BCUT2D eigenvalue weighted by molar-refractivity contribution is -0.142. The van der Waals surface area contributed by atoms with Crippen LogP contribution in [0.4, 0.5) is 4.79 Å². The molecule has 2 heterocycles. The van der Waals surface area contributed by atoms with E-state index >= 15 is 0 Å². The van der Waals surface area contributed by atoms with Gasteiger partial charge in [-0.05, 0) is 51.9 Å². The van der Waals surface area contributed by atoms with Crippen molar-refractivity contribution >= 4 is 29.6 Å². The lowest BCUT2D eigenvalue weighted by atomic mass is 9.93. The van der Waals surface area contributed by atoms with E-state index in [4.69, 9.17) is 10.5 Å². The van der Waals surface area contributed by atoms with Gasteiger partial charge < -0.3 is 26.0 Å². The summed E-state index contributed by atoms with van der Waals surface area (Å²) >= 11 is 0. The standard InChI is InChI=1S/C28H48N4O6/c1-18(2)19-16-22-25(35)30-20(23(33)24(29)34)14-12-10-8-6-7-9-11-13-15-21(26(36)32(22)17-19)31-27(37)38-28(3,4)5/h18-22H,6-17H2,1-5H3,(H2,29,34)(H,30,35)(H,31,37)/t19-,20+,21+,22+/m1/s1. The summed E-state index contributed by atoms with van der Waals surface area (Å²) in [6.07, 6.45) is 7.94. The van der Waals surface area contributed by atoms with Gasteiger partial charge in [0.25, 0.3) is 5.91 Å². The predicted octanol–water partition coefficient (Wildman–Crippen LogP) is 3.21. The number of carbonyl (C=O) groups excluding carboxylic acids is 5. The number of alkyl carbamates (subject to hydrolysis) is 1. The van der Waals surface area contributed by atoms with Crippen LogP contribution in [-0.2, 0) is 23.9 Å². The van der Waals surface area contributed by atoms with Crippen molar-refractivity contribution in [1.82, 2.24) is 15.5 Å². The molecule has 0 aromatic rings. The Morgan fingerprint density at radius 3 is 2.05 bits per heavy atom. The van der Waals surface area contributed by atoms with E-state index in [2.05, 4.69) is 10.6 Å². The predicted molar refractivity (Wildman–Crippen MR) is 144 cm³/mol. The summed E-state index contributed by atoms with van der Waals surface area (Å²) in [5.74, 6) is -2.41. The number of amides is 4. The molecule has 2 saturated heterocycles. The van der Waals surface area contributed by atoms with E-state index in [1.807, 2.05) is 13.8 Å². The Bertz CT molecular complexity index is 853. The second-order valence-electron chi connectivity index (χ2n) is 12.1. The number of hydrogen-bond donors (Lipinski definition) is 3. The number of primary amides is 1. The Kier molecular flexibility index (Phi) is 12.0. The first-order valence-electron chi connectivity index (χ1n) is 14.2. The first-order chi connectivity index (χ1) is 17.8. The van der Waals surface area contributed by atoms with Gasteiger partial charge in [0.2, 0.25) is 17.6 Å². The molecule has 10 nitrogen and oxygen atoms in total. The molecule has 0 radical (unpaired) electrons. The third-order valence-corrected chi connectivity index (χ3v) is 7.46. The molecule has 4 amide bonds. The summed E-state index contributed by atoms with van der Waals surface area (Å²) in [5, 5.41) is 5.49. The van der Waals surface area contributed by atoms with Gasteiger partial charge in [-0.15, -0.1) is 0 Å². The molecular weight excluding hydrogens is 488 g/mol. The topological polar surface area (TPSA) is 148 Å². The van der Waals surface area contributed by atoms with Crippen molar-refractivity contribution in [3.05, 3.63) is 0 Å². The fourth-order valence-corrected chi connectivity index (χ4v) is 5.22. The van der Waals surface area contributed by atoms with Gasteiger partial charge in [-0.1, -0.05) is 65.2 Å². The molecule has 216 valence electrons. The van der Waals surface area contributed by atoms with E-state index in [1.54, 1.807) is 20.8 Å². The van der Waals surface area contributed by atoms with Crippen molar-refractivity contribution < 1.29 is 28.7 Å². The highest BCUT2D eigenvalue weighted by atomic mass is 16.6. The van der Waals surface area contributed by atoms with E-state index in [0.717, 1.165) is 44.9 Å².